The van der Waals surface area contributed by atoms with Gasteiger partial charge < -0.3 is 5.11 Å². The average molecular weight is 181 g/mol. The Morgan fingerprint density at radius 2 is 2.08 bits per heavy atom. The van der Waals surface area contributed by atoms with Gasteiger partial charge in [0, 0.05) is 0 Å². The van der Waals surface area contributed by atoms with Crippen LogP contribution in [-0.4, -0.2) is 10.7 Å². The molecular formula is C11H19NO. The van der Waals surface area contributed by atoms with Crippen LogP contribution in [0.15, 0.2) is 0 Å². The van der Waals surface area contributed by atoms with Crippen molar-refractivity contribution in [2.24, 2.45) is 11.8 Å². The van der Waals surface area contributed by atoms with Gasteiger partial charge in [0.15, 0.2) is 0 Å². The number of nitrogens with zero attached hydrogens (tertiary/aromatic N) is 1. The molecule has 1 saturated carbocycles. The first-order chi connectivity index (χ1) is 6.06. The summed E-state index contributed by atoms with van der Waals surface area (Å²) in [6, 6.07) is 2.13. The minimum atomic E-state index is -0.788. The van der Waals surface area contributed by atoms with Crippen molar-refractivity contribution in [3.63, 3.8) is 0 Å². The standard InChI is InChI=1S/C11H19NO/c1-9(8-12)11(2,13)7-10-5-3-4-6-10/h9-10,13H,3-7H2,1-2H3. The third-order valence-corrected chi connectivity index (χ3v) is 3.30. The van der Waals surface area contributed by atoms with Gasteiger partial charge in [-0.15, -0.1) is 0 Å². The van der Waals surface area contributed by atoms with Crippen molar-refractivity contribution in [3.05, 3.63) is 0 Å². The van der Waals surface area contributed by atoms with E-state index in [1.54, 1.807) is 13.8 Å². The van der Waals surface area contributed by atoms with Gasteiger partial charge in [0.25, 0.3) is 0 Å². The highest BCUT2D eigenvalue weighted by atomic mass is 16.3. The summed E-state index contributed by atoms with van der Waals surface area (Å²) in [5.41, 5.74) is -0.788. The fraction of sp³-hybridized carbons (Fsp3) is 0.909. The molecule has 0 spiro atoms. The van der Waals surface area contributed by atoms with E-state index >= 15 is 0 Å². The van der Waals surface area contributed by atoms with Crippen molar-refractivity contribution < 1.29 is 5.11 Å². The fourth-order valence-electron chi connectivity index (χ4n) is 2.11. The monoisotopic (exact) mass is 181 g/mol. The van der Waals surface area contributed by atoms with Crippen molar-refractivity contribution in [2.45, 2.75) is 51.6 Å². The summed E-state index contributed by atoms with van der Waals surface area (Å²) in [6.07, 6.45) is 5.84. The second-order valence-corrected chi connectivity index (χ2v) is 4.56. The Kier molecular flexibility index (Phi) is 3.33. The number of nitriles is 1. The molecule has 1 rings (SSSR count). The lowest BCUT2D eigenvalue weighted by atomic mass is 9.82. The highest BCUT2D eigenvalue weighted by molar-refractivity contribution is 4.94. The second-order valence-electron chi connectivity index (χ2n) is 4.56. The zero-order valence-corrected chi connectivity index (χ0v) is 8.58. The summed E-state index contributed by atoms with van der Waals surface area (Å²) in [5.74, 6) is 0.388. The van der Waals surface area contributed by atoms with E-state index in [-0.39, 0.29) is 5.92 Å². The molecule has 2 atom stereocenters. The van der Waals surface area contributed by atoms with Crippen LogP contribution in [0.4, 0.5) is 0 Å². The third-order valence-electron chi connectivity index (χ3n) is 3.30. The predicted molar refractivity (Wildman–Crippen MR) is 52.0 cm³/mol. The Morgan fingerprint density at radius 1 is 1.54 bits per heavy atom. The van der Waals surface area contributed by atoms with Gasteiger partial charge in [-0.1, -0.05) is 25.7 Å². The normalized spacial score (nSPS) is 25.1. The molecule has 1 aliphatic rings. The molecule has 1 N–H and O–H groups in total. The summed E-state index contributed by atoms with van der Waals surface area (Å²) in [6.45, 7) is 3.59. The SMILES string of the molecule is CC(C#N)C(C)(O)CC1CCCC1. The molecule has 0 heterocycles. The van der Waals surface area contributed by atoms with E-state index in [2.05, 4.69) is 6.07 Å². The Bertz CT molecular complexity index is 199. The summed E-state index contributed by atoms with van der Waals surface area (Å²) in [5, 5.41) is 18.8. The van der Waals surface area contributed by atoms with Crippen LogP contribution in [-0.2, 0) is 0 Å². The van der Waals surface area contributed by atoms with E-state index in [1.165, 1.54) is 25.7 Å². The van der Waals surface area contributed by atoms with Crippen molar-refractivity contribution in [1.29, 1.82) is 5.26 Å². The molecular weight excluding hydrogens is 162 g/mol. The van der Waals surface area contributed by atoms with Crippen LogP contribution in [0.3, 0.4) is 0 Å². The molecule has 0 aromatic rings. The van der Waals surface area contributed by atoms with Crippen LogP contribution in [0.5, 0.6) is 0 Å². The van der Waals surface area contributed by atoms with Crippen LogP contribution in [0, 0.1) is 23.2 Å². The number of hydrogen-bond acceptors (Lipinski definition) is 2. The second kappa shape index (κ2) is 4.11. The maximum absolute atomic E-state index is 10.0. The van der Waals surface area contributed by atoms with Crippen molar-refractivity contribution in [2.75, 3.05) is 0 Å². The highest BCUT2D eigenvalue weighted by Gasteiger charge is 2.32. The number of rotatable bonds is 3. The maximum Gasteiger partial charge on any atom is 0.0777 e. The van der Waals surface area contributed by atoms with Crippen molar-refractivity contribution >= 4 is 0 Å². The van der Waals surface area contributed by atoms with Gasteiger partial charge in [-0.25, -0.2) is 0 Å². The molecule has 0 radical (unpaired) electrons. The van der Waals surface area contributed by atoms with Gasteiger partial charge in [-0.3, -0.25) is 0 Å². The van der Waals surface area contributed by atoms with Gasteiger partial charge in [-0.05, 0) is 26.2 Å². The number of hydrogen-bond donors (Lipinski definition) is 1. The van der Waals surface area contributed by atoms with Crippen LogP contribution >= 0.6 is 0 Å². The highest BCUT2D eigenvalue weighted by Crippen LogP contribution is 2.34. The lowest BCUT2D eigenvalue weighted by molar-refractivity contribution is 0.00409. The zero-order valence-electron chi connectivity index (χ0n) is 8.58. The summed E-state index contributed by atoms with van der Waals surface area (Å²) in [4.78, 5) is 0. The molecule has 2 unspecified atom stereocenters. The molecule has 0 aromatic carbocycles. The quantitative estimate of drug-likeness (QED) is 0.727. The van der Waals surface area contributed by atoms with Gasteiger partial charge in [0.05, 0.1) is 17.6 Å². The Balaban J connectivity index is 2.45. The van der Waals surface area contributed by atoms with E-state index < -0.39 is 5.60 Å². The van der Waals surface area contributed by atoms with E-state index in [4.69, 9.17) is 5.26 Å². The molecule has 13 heavy (non-hydrogen) atoms. The van der Waals surface area contributed by atoms with Crippen LogP contribution < -0.4 is 0 Å². The molecule has 2 heteroatoms. The van der Waals surface area contributed by atoms with Crippen LogP contribution in [0.25, 0.3) is 0 Å². The Morgan fingerprint density at radius 3 is 2.54 bits per heavy atom. The first kappa shape index (κ1) is 10.5. The molecule has 0 amide bonds. The first-order valence-corrected chi connectivity index (χ1v) is 5.18. The van der Waals surface area contributed by atoms with Crippen molar-refractivity contribution in [1.82, 2.24) is 0 Å². The van der Waals surface area contributed by atoms with Crippen molar-refractivity contribution in [3.8, 4) is 6.07 Å². The van der Waals surface area contributed by atoms with Gasteiger partial charge in [0.2, 0.25) is 0 Å². The first-order valence-electron chi connectivity index (χ1n) is 5.18. The smallest absolute Gasteiger partial charge is 0.0777 e. The minimum absolute atomic E-state index is 0.256. The third kappa shape index (κ3) is 2.70. The maximum atomic E-state index is 10.0. The molecule has 0 aliphatic heterocycles. The fourth-order valence-corrected chi connectivity index (χ4v) is 2.11. The van der Waals surface area contributed by atoms with Crippen LogP contribution in [0.2, 0.25) is 0 Å². The molecule has 1 fully saturated rings. The molecule has 0 aromatic heterocycles. The minimum Gasteiger partial charge on any atom is -0.389 e. The van der Waals surface area contributed by atoms with E-state index in [0.29, 0.717) is 5.92 Å². The zero-order chi connectivity index (χ0) is 9.90. The largest absolute Gasteiger partial charge is 0.389 e. The molecule has 0 saturated heterocycles. The summed E-state index contributed by atoms with van der Waals surface area (Å²) in [7, 11) is 0. The lowest BCUT2D eigenvalue weighted by Crippen LogP contribution is -2.33. The summed E-state index contributed by atoms with van der Waals surface area (Å²) >= 11 is 0. The van der Waals surface area contributed by atoms with Gasteiger partial charge >= 0.3 is 0 Å². The molecule has 74 valence electrons. The van der Waals surface area contributed by atoms with E-state index in [1.807, 2.05) is 0 Å². The molecule has 1 aliphatic carbocycles. The van der Waals surface area contributed by atoms with E-state index in [9.17, 15) is 5.11 Å². The average Bonchev–Trinajstić information content (AvgIpc) is 2.54. The molecule has 0 bridgehead atoms. The lowest BCUT2D eigenvalue weighted by Gasteiger charge is -2.28. The van der Waals surface area contributed by atoms with Crippen LogP contribution in [0.1, 0.15) is 46.0 Å². The Hall–Kier alpha value is -0.550. The summed E-state index contributed by atoms with van der Waals surface area (Å²) < 4.78 is 0. The topological polar surface area (TPSA) is 44.0 Å². The van der Waals surface area contributed by atoms with E-state index in [0.717, 1.165) is 6.42 Å². The predicted octanol–water partition coefficient (Wildman–Crippen LogP) is 2.48. The van der Waals surface area contributed by atoms with Gasteiger partial charge in [0.1, 0.15) is 0 Å². The molecule has 2 nitrogen and oxygen atoms in total. The Labute approximate surface area is 80.6 Å². The van der Waals surface area contributed by atoms with Gasteiger partial charge in [-0.2, -0.15) is 5.26 Å². The number of aliphatic hydroxyl groups is 1.